The van der Waals surface area contributed by atoms with E-state index in [-0.39, 0.29) is 24.3 Å². The first-order chi connectivity index (χ1) is 12.6. The number of benzene rings is 2. The Balaban J connectivity index is 1.68. The van der Waals surface area contributed by atoms with Crippen LogP contribution in [0.15, 0.2) is 54.6 Å². The lowest BCUT2D eigenvalue weighted by molar-refractivity contribution is -0.121. The van der Waals surface area contributed by atoms with Gasteiger partial charge in [-0.15, -0.1) is 0 Å². The highest BCUT2D eigenvalue weighted by atomic mass is 16.5. The minimum Gasteiger partial charge on any atom is -0.494 e. The maximum atomic E-state index is 12.8. The molecule has 1 heterocycles. The van der Waals surface area contributed by atoms with Crippen molar-refractivity contribution in [2.75, 3.05) is 11.5 Å². The van der Waals surface area contributed by atoms with Crippen molar-refractivity contribution < 1.29 is 14.3 Å². The normalized spacial score (nSPS) is 18.2. The Kier molecular flexibility index (Phi) is 5.68. The molecule has 2 amide bonds. The van der Waals surface area contributed by atoms with Gasteiger partial charge in [0.15, 0.2) is 0 Å². The Morgan fingerprint density at radius 2 is 1.81 bits per heavy atom. The molecule has 0 radical (unpaired) electrons. The van der Waals surface area contributed by atoms with Crippen molar-refractivity contribution in [2.45, 2.75) is 38.8 Å². The molecule has 2 aromatic rings. The van der Waals surface area contributed by atoms with Gasteiger partial charge in [0.2, 0.25) is 5.91 Å². The summed E-state index contributed by atoms with van der Waals surface area (Å²) in [5.41, 5.74) is 1.67. The molecule has 0 bridgehead atoms. The Morgan fingerprint density at radius 1 is 1.12 bits per heavy atom. The van der Waals surface area contributed by atoms with Crippen LogP contribution in [0, 0.1) is 0 Å². The number of nitrogens with zero attached hydrogens (tertiary/aromatic N) is 1. The summed E-state index contributed by atoms with van der Waals surface area (Å²) < 4.78 is 5.55. The van der Waals surface area contributed by atoms with Gasteiger partial charge in [0, 0.05) is 6.04 Å². The lowest BCUT2D eigenvalue weighted by Gasteiger charge is -2.19. The van der Waals surface area contributed by atoms with Crippen LogP contribution in [-0.4, -0.2) is 24.5 Å². The zero-order chi connectivity index (χ0) is 18.5. The Morgan fingerprint density at radius 3 is 2.46 bits per heavy atom. The zero-order valence-electron chi connectivity index (χ0n) is 15.1. The van der Waals surface area contributed by atoms with Crippen LogP contribution in [0.25, 0.3) is 0 Å². The van der Waals surface area contributed by atoms with E-state index < -0.39 is 6.04 Å². The van der Waals surface area contributed by atoms with Gasteiger partial charge in [0.05, 0.1) is 24.8 Å². The molecule has 1 N–H and O–H groups in total. The fourth-order valence-corrected chi connectivity index (χ4v) is 3.08. The zero-order valence-corrected chi connectivity index (χ0v) is 15.1. The fourth-order valence-electron chi connectivity index (χ4n) is 3.08. The molecular weight excluding hydrogens is 328 g/mol. The van der Waals surface area contributed by atoms with Crippen LogP contribution in [0.5, 0.6) is 5.75 Å². The van der Waals surface area contributed by atoms with Crippen LogP contribution in [-0.2, 0) is 9.59 Å². The van der Waals surface area contributed by atoms with E-state index >= 15 is 0 Å². The molecule has 136 valence electrons. The van der Waals surface area contributed by atoms with E-state index in [1.807, 2.05) is 44.2 Å². The number of nitrogens with one attached hydrogen (secondary N) is 1. The quantitative estimate of drug-likeness (QED) is 0.776. The second-order valence-electron chi connectivity index (χ2n) is 6.47. The molecule has 0 aliphatic carbocycles. The summed E-state index contributed by atoms with van der Waals surface area (Å²) in [5.74, 6) is 0.345. The van der Waals surface area contributed by atoms with Gasteiger partial charge in [0.25, 0.3) is 5.91 Å². The highest BCUT2D eigenvalue weighted by Gasteiger charge is 2.40. The third-order valence-electron chi connectivity index (χ3n) is 4.47. The molecule has 2 atom stereocenters. The number of carbonyl (C=O) groups is 2. The van der Waals surface area contributed by atoms with Crippen molar-refractivity contribution >= 4 is 17.5 Å². The maximum absolute atomic E-state index is 12.8. The standard InChI is InChI=1S/C21H24N2O3/c1-3-13-26-18-11-9-17(10-12-18)23-20(24)14-19(21(23)25)22-15(2)16-7-5-4-6-8-16/h4-12,15,19,22H,3,13-14H2,1-2H3/t15-,19+/m1/s1. The average molecular weight is 352 g/mol. The highest BCUT2D eigenvalue weighted by Crippen LogP contribution is 2.26. The number of ether oxygens (including phenoxy) is 1. The van der Waals surface area contributed by atoms with Crippen molar-refractivity contribution in [3.63, 3.8) is 0 Å². The maximum Gasteiger partial charge on any atom is 0.251 e. The van der Waals surface area contributed by atoms with Crippen LogP contribution >= 0.6 is 0 Å². The predicted molar refractivity (Wildman–Crippen MR) is 101 cm³/mol. The van der Waals surface area contributed by atoms with Gasteiger partial charge in [-0.05, 0) is 43.2 Å². The summed E-state index contributed by atoms with van der Waals surface area (Å²) in [6.45, 7) is 4.68. The fraction of sp³-hybridized carbons (Fsp3) is 0.333. The molecule has 2 aromatic carbocycles. The Bertz CT molecular complexity index is 759. The molecule has 0 unspecified atom stereocenters. The number of hydrogen-bond acceptors (Lipinski definition) is 4. The predicted octanol–water partition coefficient (Wildman–Crippen LogP) is 3.46. The lowest BCUT2D eigenvalue weighted by atomic mass is 10.1. The van der Waals surface area contributed by atoms with E-state index in [9.17, 15) is 9.59 Å². The van der Waals surface area contributed by atoms with Gasteiger partial charge in [-0.2, -0.15) is 0 Å². The topological polar surface area (TPSA) is 58.6 Å². The van der Waals surface area contributed by atoms with Crippen molar-refractivity contribution in [3.05, 3.63) is 60.2 Å². The molecule has 1 aliphatic heterocycles. The second-order valence-corrected chi connectivity index (χ2v) is 6.47. The SMILES string of the molecule is CCCOc1ccc(N2C(=O)C[C@H](N[C@H](C)c3ccccc3)C2=O)cc1. The second kappa shape index (κ2) is 8.15. The van der Waals surface area contributed by atoms with Crippen molar-refractivity contribution in [2.24, 2.45) is 0 Å². The molecule has 0 aromatic heterocycles. The monoisotopic (exact) mass is 352 g/mol. The van der Waals surface area contributed by atoms with Crippen LogP contribution < -0.4 is 15.0 Å². The molecule has 1 aliphatic rings. The van der Waals surface area contributed by atoms with Gasteiger partial charge < -0.3 is 4.74 Å². The molecular formula is C21H24N2O3. The smallest absolute Gasteiger partial charge is 0.251 e. The van der Waals surface area contributed by atoms with Gasteiger partial charge in [-0.3, -0.25) is 14.9 Å². The summed E-state index contributed by atoms with van der Waals surface area (Å²) >= 11 is 0. The van der Waals surface area contributed by atoms with Crippen LogP contribution in [0.4, 0.5) is 5.69 Å². The molecule has 0 spiro atoms. The van der Waals surface area contributed by atoms with Crippen LogP contribution in [0.1, 0.15) is 38.3 Å². The van der Waals surface area contributed by atoms with E-state index in [1.54, 1.807) is 24.3 Å². The minimum atomic E-state index is -0.506. The molecule has 26 heavy (non-hydrogen) atoms. The largest absolute Gasteiger partial charge is 0.494 e. The van der Waals surface area contributed by atoms with Crippen molar-refractivity contribution in [1.29, 1.82) is 0 Å². The first-order valence-electron chi connectivity index (χ1n) is 9.00. The van der Waals surface area contributed by atoms with Gasteiger partial charge in [0.1, 0.15) is 5.75 Å². The summed E-state index contributed by atoms with van der Waals surface area (Å²) in [6.07, 6.45) is 1.10. The third kappa shape index (κ3) is 3.94. The third-order valence-corrected chi connectivity index (χ3v) is 4.47. The van der Waals surface area contributed by atoms with E-state index in [4.69, 9.17) is 4.74 Å². The Hall–Kier alpha value is -2.66. The average Bonchev–Trinajstić information content (AvgIpc) is 2.94. The lowest BCUT2D eigenvalue weighted by Crippen LogP contribution is -2.39. The number of hydrogen-bond donors (Lipinski definition) is 1. The number of carbonyl (C=O) groups excluding carboxylic acids is 2. The number of imide groups is 1. The van der Waals surface area contributed by atoms with Gasteiger partial charge in [-0.1, -0.05) is 37.3 Å². The van der Waals surface area contributed by atoms with E-state index in [0.717, 1.165) is 17.7 Å². The molecule has 0 saturated carbocycles. The summed E-state index contributed by atoms with van der Waals surface area (Å²) in [5, 5.41) is 3.28. The van der Waals surface area contributed by atoms with Gasteiger partial charge in [-0.25, -0.2) is 4.90 Å². The van der Waals surface area contributed by atoms with E-state index in [0.29, 0.717) is 12.3 Å². The van der Waals surface area contributed by atoms with Crippen molar-refractivity contribution in [3.8, 4) is 5.75 Å². The summed E-state index contributed by atoms with van der Waals surface area (Å²) in [4.78, 5) is 26.4. The molecule has 3 rings (SSSR count). The number of rotatable bonds is 7. The van der Waals surface area contributed by atoms with Crippen LogP contribution in [0.3, 0.4) is 0 Å². The molecule has 1 saturated heterocycles. The van der Waals surface area contributed by atoms with Crippen LogP contribution in [0.2, 0.25) is 0 Å². The summed E-state index contributed by atoms with van der Waals surface area (Å²) in [6, 6.07) is 16.5. The summed E-state index contributed by atoms with van der Waals surface area (Å²) in [7, 11) is 0. The number of amides is 2. The highest BCUT2D eigenvalue weighted by molar-refractivity contribution is 6.22. The first kappa shape index (κ1) is 18.1. The molecule has 5 nitrogen and oxygen atoms in total. The van der Waals surface area contributed by atoms with E-state index in [1.165, 1.54) is 4.90 Å². The number of anilines is 1. The Labute approximate surface area is 154 Å². The first-order valence-corrected chi connectivity index (χ1v) is 9.00. The van der Waals surface area contributed by atoms with E-state index in [2.05, 4.69) is 5.32 Å². The molecule has 1 fully saturated rings. The minimum absolute atomic E-state index is 0.0114. The molecule has 5 heteroatoms. The van der Waals surface area contributed by atoms with Crippen molar-refractivity contribution in [1.82, 2.24) is 5.32 Å². The van der Waals surface area contributed by atoms with Gasteiger partial charge >= 0.3 is 0 Å².